The molecule has 0 atom stereocenters. The van der Waals surface area contributed by atoms with E-state index in [1.165, 1.54) is 6.07 Å². The second-order valence-corrected chi connectivity index (χ2v) is 3.76. The van der Waals surface area contributed by atoms with E-state index in [2.05, 4.69) is 0 Å². The summed E-state index contributed by atoms with van der Waals surface area (Å²) in [5.41, 5.74) is 0.801. The SMILES string of the molecule is C.C.CC(C)C(=O)Cc1ccccc1C(=O)O. The normalized spacial score (nSPS) is 9.12. The predicted molar refractivity (Wildman–Crippen MR) is 70.4 cm³/mol. The molecule has 0 aliphatic heterocycles. The van der Waals surface area contributed by atoms with Gasteiger partial charge in [0.2, 0.25) is 0 Å². The summed E-state index contributed by atoms with van der Waals surface area (Å²) in [4.78, 5) is 22.4. The lowest BCUT2D eigenvalue weighted by atomic mass is 9.97. The van der Waals surface area contributed by atoms with Crippen LogP contribution >= 0.6 is 0 Å². The van der Waals surface area contributed by atoms with Crippen molar-refractivity contribution in [3.63, 3.8) is 0 Å². The lowest BCUT2D eigenvalue weighted by molar-refractivity contribution is -0.121. The molecule has 0 aliphatic rings. The van der Waals surface area contributed by atoms with Crippen LogP contribution in [0.15, 0.2) is 24.3 Å². The topological polar surface area (TPSA) is 54.4 Å². The summed E-state index contributed by atoms with van der Waals surface area (Å²) in [5, 5.41) is 8.91. The highest BCUT2D eigenvalue weighted by Gasteiger charge is 2.14. The van der Waals surface area contributed by atoms with E-state index in [0.717, 1.165) is 0 Å². The zero-order valence-electron chi connectivity index (χ0n) is 8.86. The summed E-state index contributed by atoms with van der Waals surface area (Å²) in [7, 11) is 0. The fraction of sp³-hybridized carbons (Fsp3) is 0.429. The highest BCUT2D eigenvalue weighted by atomic mass is 16.4. The van der Waals surface area contributed by atoms with Gasteiger partial charge in [0.1, 0.15) is 5.78 Å². The van der Waals surface area contributed by atoms with Crippen LogP contribution in [0.25, 0.3) is 0 Å². The van der Waals surface area contributed by atoms with Crippen LogP contribution in [0.3, 0.4) is 0 Å². The van der Waals surface area contributed by atoms with E-state index in [1.54, 1.807) is 18.2 Å². The maximum atomic E-state index is 11.5. The lowest BCUT2D eigenvalue weighted by Crippen LogP contribution is -2.13. The Labute approximate surface area is 103 Å². The zero-order chi connectivity index (χ0) is 11.4. The van der Waals surface area contributed by atoms with Crippen LogP contribution in [0, 0.1) is 5.92 Å². The largest absolute Gasteiger partial charge is 0.478 e. The van der Waals surface area contributed by atoms with Gasteiger partial charge in [-0.1, -0.05) is 46.9 Å². The van der Waals surface area contributed by atoms with Crippen molar-refractivity contribution in [2.45, 2.75) is 35.1 Å². The molecule has 3 heteroatoms. The van der Waals surface area contributed by atoms with Crippen molar-refractivity contribution >= 4 is 11.8 Å². The molecule has 0 saturated carbocycles. The Morgan fingerprint density at radius 2 is 1.71 bits per heavy atom. The molecule has 0 aromatic heterocycles. The molecule has 1 aromatic rings. The average molecular weight is 238 g/mol. The average Bonchev–Trinajstić information content (AvgIpc) is 2.18. The van der Waals surface area contributed by atoms with Crippen molar-refractivity contribution in [3.05, 3.63) is 35.4 Å². The first kappa shape index (κ1) is 17.7. The molecule has 1 N–H and O–H groups in total. The molecule has 1 aromatic carbocycles. The smallest absolute Gasteiger partial charge is 0.335 e. The summed E-state index contributed by atoms with van der Waals surface area (Å²) in [6.07, 6.45) is 0.195. The highest BCUT2D eigenvalue weighted by molar-refractivity contribution is 5.92. The van der Waals surface area contributed by atoms with Gasteiger partial charge in [0.05, 0.1) is 5.56 Å². The molecule has 0 bridgehead atoms. The molecule has 96 valence electrons. The molecule has 3 nitrogen and oxygen atoms in total. The van der Waals surface area contributed by atoms with Crippen LogP contribution < -0.4 is 0 Å². The third kappa shape index (κ3) is 4.81. The van der Waals surface area contributed by atoms with Crippen molar-refractivity contribution in [1.82, 2.24) is 0 Å². The molecule has 0 amide bonds. The minimum atomic E-state index is -0.984. The molecule has 0 unspecified atom stereocenters. The number of Topliss-reactive ketones (excluding diaryl/α,β-unsaturated/α-hetero) is 1. The third-order valence-electron chi connectivity index (χ3n) is 2.26. The van der Waals surface area contributed by atoms with Crippen LogP contribution in [0.5, 0.6) is 0 Å². The summed E-state index contributed by atoms with van der Waals surface area (Å²) >= 11 is 0. The van der Waals surface area contributed by atoms with E-state index in [1.807, 2.05) is 13.8 Å². The number of rotatable bonds is 4. The lowest BCUT2D eigenvalue weighted by Gasteiger charge is -2.06. The van der Waals surface area contributed by atoms with E-state index >= 15 is 0 Å². The standard InChI is InChI=1S/C12H14O3.2CH4/c1-8(2)11(13)7-9-5-3-4-6-10(9)12(14)15;;/h3-6,8H,7H2,1-2H3,(H,14,15);2*1H4. The fourth-order valence-corrected chi connectivity index (χ4v) is 1.27. The summed E-state index contributed by atoms with van der Waals surface area (Å²) < 4.78 is 0. The van der Waals surface area contributed by atoms with Gasteiger partial charge in [0.25, 0.3) is 0 Å². The molecule has 17 heavy (non-hydrogen) atoms. The monoisotopic (exact) mass is 238 g/mol. The van der Waals surface area contributed by atoms with Crippen molar-refractivity contribution in [3.8, 4) is 0 Å². The molecule has 0 heterocycles. The van der Waals surface area contributed by atoms with Gasteiger partial charge >= 0.3 is 5.97 Å². The summed E-state index contributed by atoms with van der Waals surface area (Å²) in [6, 6.07) is 6.61. The number of carbonyl (C=O) groups is 2. The number of aromatic carboxylic acids is 1. The first-order valence-electron chi connectivity index (χ1n) is 4.86. The quantitative estimate of drug-likeness (QED) is 0.874. The van der Waals surface area contributed by atoms with Crippen LogP contribution in [0.2, 0.25) is 0 Å². The first-order valence-corrected chi connectivity index (χ1v) is 4.86. The van der Waals surface area contributed by atoms with E-state index in [4.69, 9.17) is 5.11 Å². The van der Waals surface area contributed by atoms with Crippen molar-refractivity contribution in [2.24, 2.45) is 5.92 Å². The van der Waals surface area contributed by atoms with Gasteiger partial charge in [-0.05, 0) is 11.6 Å². The van der Waals surface area contributed by atoms with Crippen molar-refractivity contribution in [1.29, 1.82) is 0 Å². The Kier molecular flexibility index (Phi) is 7.94. The molecule has 0 radical (unpaired) electrons. The minimum Gasteiger partial charge on any atom is -0.478 e. The summed E-state index contributed by atoms with van der Waals surface area (Å²) in [6.45, 7) is 3.62. The minimum absolute atomic E-state index is 0. The predicted octanol–water partition coefficient (Wildman–Crippen LogP) is 3.42. The maximum Gasteiger partial charge on any atom is 0.335 e. The number of carboxylic acid groups (broad SMARTS) is 1. The van der Waals surface area contributed by atoms with E-state index in [-0.39, 0.29) is 38.5 Å². The van der Waals surface area contributed by atoms with Gasteiger partial charge in [-0.2, -0.15) is 0 Å². The third-order valence-corrected chi connectivity index (χ3v) is 2.26. The van der Waals surface area contributed by atoms with E-state index < -0.39 is 5.97 Å². The number of carboxylic acids is 1. The van der Waals surface area contributed by atoms with Gasteiger partial charge in [0, 0.05) is 12.3 Å². The van der Waals surface area contributed by atoms with Crippen LogP contribution in [-0.2, 0) is 11.2 Å². The van der Waals surface area contributed by atoms with Gasteiger partial charge < -0.3 is 5.11 Å². The number of hydrogen-bond acceptors (Lipinski definition) is 2. The number of carbonyl (C=O) groups excluding carboxylic acids is 1. The van der Waals surface area contributed by atoms with Gasteiger partial charge in [-0.25, -0.2) is 4.79 Å². The zero-order valence-corrected chi connectivity index (χ0v) is 8.86. The van der Waals surface area contributed by atoms with Crippen LogP contribution in [0.1, 0.15) is 44.6 Å². The number of benzene rings is 1. The molecule has 0 fully saturated rings. The summed E-state index contributed by atoms with van der Waals surface area (Å²) in [5.74, 6) is -0.988. The first-order chi connectivity index (χ1) is 7.02. The van der Waals surface area contributed by atoms with E-state index in [0.29, 0.717) is 5.56 Å². The second kappa shape index (κ2) is 7.60. The molecular formula is C14H22O3. The Bertz CT molecular complexity index is 381. The second-order valence-electron chi connectivity index (χ2n) is 3.76. The Morgan fingerprint density at radius 1 is 1.18 bits per heavy atom. The number of hydrogen-bond donors (Lipinski definition) is 1. The van der Waals surface area contributed by atoms with E-state index in [9.17, 15) is 9.59 Å². The van der Waals surface area contributed by atoms with Crippen molar-refractivity contribution < 1.29 is 14.7 Å². The highest BCUT2D eigenvalue weighted by Crippen LogP contribution is 2.12. The maximum absolute atomic E-state index is 11.5. The van der Waals surface area contributed by atoms with Gasteiger partial charge in [-0.15, -0.1) is 0 Å². The van der Waals surface area contributed by atoms with Gasteiger partial charge in [0.15, 0.2) is 0 Å². The number of ketones is 1. The Morgan fingerprint density at radius 3 is 2.18 bits per heavy atom. The Balaban J connectivity index is 0. The van der Waals surface area contributed by atoms with Crippen LogP contribution in [0.4, 0.5) is 0 Å². The van der Waals surface area contributed by atoms with Crippen molar-refractivity contribution in [2.75, 3.05) is 0 Å². The molecule has 0 aliphatic carbocycles. The Hall–Kier alpha value is -1.64. The molecule has 0 saturated heterocycles. The fourth-order valence-electron chi connectivity index (χ4n) is 1.27. The molecule has 1 rings (SSSR count). The molecular weight excluding hydrogens is 216 g/mol. The molecule has 0 spiro atoms. The van der Waals surface area contributed by atoms with Crippen LogP contribution in [-0.4, -0.2) is 16.9 Å². The van der Waals surface area contributed by atoms with Gasteiger partial charge in [-0.3, -0.25) is 4.79 Å².